The summed E-state index contributed by atoms with van der Waals surface area (Å²) in [6, 6.07) is 4.10. The van der Waals surface area contributed by atoms with Crippen LogP contribution in [-0.2, 0) is 0 Å². The normalized spacial score (nSPS) is 10.6. The molecule has 0 aliphatic heterocycles. The predicted octanol–water partition coefficient (Wildman–Crippen LogP) is 4.41. The second-order valence-corrected chi connectivity index (χ2v) is 5.97. The molecule has 1 heterocycles. The summed E-state index contributed by atoms with van der Waals surface area (Å²) in [4.78, 5) is 4.50. The molecule has 0 bridgehead atoms. The van der Waals surface area contributed by atoms with Crippen molar-refractivity contribution in [3.63, 3.8) is 0 Å². The number of hydrogen-bond acceptors (Lipinski definition) is 3. The molecule has 2 rings (SSSR count). The Morgan fingerprint density at radius 2 is 1.76 bits per heavy atom. The van der Waals surface area contributed by atoms with Crippen molar-refractivity contribution in [1.29, 1.82) is 0 Å². The number of methoxy groups -OCH3 is 1. The molecular formula is C13H15NOS2. The SMILES string of the molecule is COc1cc(C)c(-c2[nH]c(=S)sc2C)c(C)c1. The summed E-state index contributed by atoms with van der Waals surface area (Å²) >= 11 is 6.81. The largest absolute Gasteiger partial charge is 0.497 e. The molecule has 1 aromatic heterocycles. The van der Waals surface area contributed by atoms with Gasteiger partial charge in [-0.25, -0.2) is 0 Å². The lowest BCUT2D eigenvalue weighted by Crippen LogP contribution is -1.92. The number of aryl methyl sites for hydroxylation is 3. The van der Waals surface area contributed by atoms with Crippen molar-refractivity contribution in [2.24, 2.45) is 0 Å². The molecule has 0 atom stereocenters. The minimum absolute atomic E-state index is 0.826. The molecule has 17 heavy (non-hydrogen) atoms. The first kappa shape index (κ1) is 12.3. The van der Waals surface area contributed by atoms with Crippen molar-refractivity contribution in [1.82, 2.24) is 4.98 Å². The van der Waals surface area contributed by atoms with E-state index in [9.17, 15) is 0 Å². The summed E-state index contributed by atoms with van der Waals surface area (Å²) < 4.78 is 6.10. The van der Waals surface area contributed by atoms with E-state index >= 15 is 0 Å². The molecule has 1 N–H and O–H groups in total. The van der Waals surface area contributed by atoms with Gasteiger partial charge in [-0.15, -0.1) is 11.3 Å². The van der Waals surface area contributed by atoms with Crippen LogP contribution in [0.2, 0.25) is 0 Å². The number of benzene rings is 1. The summed E-state index contributed by atoms with van der Waals surface area (Å²) in [5, 5.41) is 0. The Morgan fingerprint density at radius 3 is 2.18 bits per heavy atom. The number of ether oxygens (including phenoxy) is 1. The van der Waals surface area contributed by atoms with Crippen molar-refractivity contribution in [2.45, 2.75) is 20.8 Å². The average Bonchev–Trinajstić information content (AvgIpc) is 2.57. The summed E-state index contributed by atoms with van der Waals surface area (Å²) in [5.74, 6) is 0.898. The maximum atomic E-state index is 5.27. The zero-order chi connectivity index (χ0) is 12.6. The van der Waals surface area contributed by atoms with Gasteiger partial charge in [0.1, 0.15) is 5.75 Å². The molecule has 4 heteroatoms. The van der Waals surface area contributed by atoms with Gasteiger partial charge in [-0.1, -0.05) is 0 Å². The molecule has 0 amide bonds. The molecule has 90 valence electrons. The highest BCUT2D eigenvalue weighted by atomic mass is 32.1. The number of aromatic nitrogens is 1. The van der Waals surface area contributed by atoms with Gasteiger partial charge in [0.05, 0.1) is 12.8 Å². The molecule has 2 nitrogen and oxygen atoms in total. The van der Waals surface area contributed by atoms with E-state index in [0.717, 1.165) is 15.4 Å². The minimum atomic E-state index is 0.826. The van der Waals surface area contributed by atoms with E-state index in [4.69, 9.17) is 17.0 Å². The van der Waals surface area contributed by atoms with Crippen molar-refractivity contribution < 1.29 is 4.74 Å². The number of hydrogen-bond donors (Lipinski definition) is 1. The quantitative estimate of drug-likeness (QED) is 0.814. The van der Waals surface area contributed by atoms with Crippen LogP contribution < -0.4 is 4.74 Å². The fourth-order valence-corrected chi connectivity index (χ4v) is 3.24. The third-order valence-electron chi connectivity index (χ3n) is 2.82. The minimum Gasteiger partial charge on any atom is -0.497 e. The predicted molar refractivity (Wildman–Crippen MR) is 75.7 cm³/mol. The van der Waals surface area contributed by atoms with E-state index in [1.54, 1.807) is 18.4 Å². The van der Waals surface area contributed by atoms with Crippen LogP contribution >= 0.6 is 23.6 Å². The second-order valence-electron chi connectivity index (χ2n) is 4.08. The molecular weight excluding hydrogens is 250 g/mol. The van der Waals surface area contributed by atoms with E-state index < -0.39 is 0 Å². The molecule has 0 fully saturated rings. The molecule has 0 aliphatic rings. The first-order valence-corrected chi connectivity index (χ1v) is 6.60. The highest BCUT2D eigenvalue weighted by molar-refractivity contribution is 7.73. The monoisotopic (exact) mass is 265 g/mol. The van der Waals surface area contributed by atoms with Gasteiger partial charge >= 0.3 is 0 Å². The Kier molecular flexibility index (Phi) is 3.35. The summed E-state index contributed by atoms with van der Waals surface area (Å²) in [7, 11) is 1.69. The van der Waals surface area contributed by atoms with Gasteiger partial charge in [-0.05, 0) is 56.2 Å². The van der Waals surface area contributed by atoms with Crippen LogP contribution in [-0.4, -0.2) is 12.1 Å². The van der Waals surface area contributed by atoms with Crippen LogP contribution in [0.3, 0.4) is 0 Å². The maximum Gasteiger partial charge on any atom is 0.159 e. The first-order valence-electron chi connectivity index (χ1n) is 5.38. The van der Waals surface area contributed by atoms with Crippen molar-refractivity contribution in [2.75, 3.05) is 7.11 Å². The fraction of sp³-hybridized carbons (Fsp3) is 0.308. The fourth-order valence-electron chi connectivity index (χ4n) is 2.08. The van der Waals surface area contributed by atoms with Crippen molar-refractivity contribution >= 4 is 23.6 Å². The van der Waals surface area contributed by atoms with Crippen molar-refractivity contribution in [3.05, 3.63) is 32.1 Å². The lowest BCUT2D eigenvalue weighted by Gasteiger charge is -2.11. The van der Waals surface area contributed by atoms with Crippen molar-refractivity contribution in [3.8, 4) is 17.0 Å². The Balaban J connectivity index is 2.68. The van der Waals surface area contributed by atoms with Crippen LogP contribution in [0.4, 0.5) is 0 Å². The molecule has 0 saturated carbocycles. The number of aromatic amines is 1. The average molecular weight is 265 g/mol. The Hall–Kier alpha value is -1.13. The molecule has 0 unspecified atom stereocenters. The highest BCUT2D eigenvalue weighted by Gasteiger charge is 2.12. The third kappa shape index (κ3) is 2.28. The van der Waals surface area contributed by atoms with Gasteiger partial charge in [0.25, 0.3) is 0 Å². The first-order chi connectivity index (χ1) is 8.02. The third-order valence-corrected chi connectivity index (χ3v) is 3.97. The van der Waals surface area contributed by atoms with E-state index in [-0.39, 0.29) is 0 Å². The summed E-state index contributed by atoms with van der Waals surface area (Å²) in [5.41, 5.74) is 4.77. The number of nitrogens with one attached hydrogen (secondary N) is 1. The second kappa shape index (κ2) is 4.63. The maximum absolute atomic E-state index is 5.27. The number of thiazole rings is 1. The number of rotatable bonds is 2. The number of H-pyrrole nitrogens is 1. The van der Waals surface area contributed by atoms with Crippen LogP contribution in [0, 0.1) is 24.7 Å². The molecule has 0 saturated heterocycles. The Labute approximate surface area is 110 Å². The van der Waals surface area contributed by atoms with Gasteiger partial charge in [0.2, 0.25) is 0 Å². The summed E-state index contributed by atoms with van der Waals surface area (Å²) in [6.07, 6.45) is 0. The smallest absolute Gasteiger partial charge is 0.159 e. The van der Waals surface area contributed by atoms with Gasteiger partial charge < -0.3 is 9.72 Å². The van der Waals surface area contributed by atoms with Gasteiger partial charge in [0, 0.05) is 10.4 Å². The Bertz CT molecular complexity index is 587. The van der Waals surface area contributed by atoms with Crippen LogP contribution in [0.25, 0.3) is 11.3 Å². The molecule has 0 radical (unpaired) electrons. The van der Waals surface area contributed by atoms with E-state index in [0.29, 0.717) is 0 Å². The Morgan fingerprint density at radius 1 is 1.18 bits per heavy atom. The lowest BCUT2D eigenvalue weighted by molar-refractivity contribution is 0.414. The van der Waals surface area contributed by atoms with Crippen LogP contribution in [0.1, 0.15) is 16.0 Å². The molecule has 0 spiro atoms. The molecule has 0 aliphatic carbocycles. The van der Waals surface area contributed by atoms with E-state index in [2.05, 4.69) is 37.9 Å². The van der Waals surface area contributed by atoms with Crippen LogP contribution in [0.5, 0.6) is 5.75 Å². The standard InChI is InChI=1S/C13H15NOS2/c1-7-5-10(15-4)6-8(2)11(7)12-9(3)17-13(16)14-12/h5-6H,1-4H3,(H,14,16). The van der Waals surface area contributed by atoms with Gasteiger partial charge in [0.15, 0.2) is 3.95 Å². The molecule has 2 aromatic rings. The van der Waals surface area contributed by atoms with Crippen LogP contribution in [0.15, 0.2) is 12.1 Å². The van der Waals surface area contributed by atoms with E-state index in [1.165, 1.54) is 21.6 Å². The van der Waals surface area contributed by atoms with E-state index in [1.807, 2.05) is 0 Å². The topological polar surface area (TPSA) is 25.0 Å². The summed E-state index contributed by atoms with van der Waals surface area (Å²) in [6.45, 7) is 6.28. The highest BCUT2D eigenvalue weighted by Crippen LogP contribution is 2.33. The van der Waals surface area contributed by atoms with Gasteiger partial charge in [-0.2, -0.15) is 0 Å². The zero-order valence-electron chi connectivity index (χ0n) is 10.4. The van der Waals surface area contributed by atoms with Gasteiger partial charge in [-0.3, -0.25) is 0 Å². The lowest BCUT2D eigenvalue weighted by atomic mass is 9.99. The molecule has 1 aromatic carbocycles. The zero-order valence-corrected chi connectivity index (χ0v) is 12.0.